The normalized spacial score (nSPS) is 18.7. The molecule has 1 aliphatic carbocycles. The fourth-order valence-corrected chi connectivity index (χ4v) is 5.01. The molecule has 2 aromatic heterocycles. The van der Waals surface area contributed by atoms with Crippen LogP contribution in [0.1, 0.15) is 56.0 Å². The lowest BCUT2D eigenvalue weighted by Gasteiger charge is -2.24. The molecule has 0 bridgehead atoms. The maximum absolute atomic E-state index is 13.3. The van der Waals surface area contributed by atoms with Gasteiger partial charge in [-0.05, 0) is 49.8 Å². The van der Waals surface area contributed by atoms with Crippen LogP contribution in [0.5, 0.6) is 0 Å². The van der Waals surface area contributed by atoms with Crippen molar-refractivity contribution >= 4 is 44.1 Å². The Morgan fingerprint density at radius 2 is 1.94 bits per heavy atom. The molecule has 0 spiro atoms. The number of pyridine rings is 1. The van der Waals surface area contributed by atoms with Gasteiger partial charge in [0.2, 0.25) is 5.91 Å². The summed E-state index contributed by atoms with van der Waals surface area (Å²) in [6.45, 7) is 0.620. The molecule has 9 nitrogen and oxygen atoms in total. The number of ether oxygens (including phenoxy) is 1. The maximum Gasteiger partial charge on any atom is 0.295 e. The summed E-state index contributed by atoms with van der Waals surface area (Å²) in [6.07, 6.45) is 2.39. The van der Waals surface area contributed by atoms with E-state index in [1.165, 1.54) is 6.07 Å². The third kappa shape index (κ3) is 5.13. The van der Waals surface area contributed by atoms with Crippen LogP contribution in [0.15, 0.2) is 29.2 Å². The van der Waals surface area contributed by atoms with E-state index in [-0.39, 0.29) is 51.2 Å². The van der Waals surface area contributed by atoms with Gasteiger partial charge >= 0.3 is 0 Å². The van der Waals surface area contributed by atoms with Crippen LogP contribution in [0, 0.1) is 5.92 Å². The zero-order valence-corrected chi connectivity index (χ0v) is 19.8. The first-order valence-corrected chi connectivity index (χ1v) is 13.3. The molecule has 1 aliphatic heterocycles. The molecule has 1 saturated heterocycles. The number of hydrogen-bond acceptors (Lipinski definition) is 7. The van der Waals surface area contributed by atoms with Gasteiger partial charge in [-0.2, -0.15) is 0 Å². The lowest BCUT2D eigenvalue weighted by Crippen LogP contribution is -2.15. The van der Waals surface area contributed by atoms with Crippen LogP contribution in [0.3, 0.4) is 0 Å². The molecule has 1 atom stereocenters. The van der Waals surface area contributed by atoms with Crippen molar-refractivity contribution in [3.8, 4) is 0 Å². The van der Waals surface area contributed by atoms with Crippen molar-refractivity contribution in [2.75, 3.05) is 23.5 Å². The van der Waals surface area contributed by atoms with E-state index in [0.29, 0.717) is 6.61 Å². The average Bonchev–Trinajstić information content (AvgIpc) is 3.58. The highest BCUT2D eigenvalue weighted by Gasteiger charge is 2.30. The number of sulfone groups is 1. The molecule has 2 aliphatic rings. The molecule has 5 rings (SSSR count). The lowest BCUT2D eigenvalue weighted by atomic mass is 10.0. The van der Waals surface area contributed by atoms with Gasteiger partial charge in [-0.25, -0.2) is 27.2 Å². The summed E-state index contributed by atoms with van der Waals surface area (Å²) in [5, 5.41) is 5.72. The van der Waals surface area contributed by atoms with Crippen LogP contribution < -0.4 is 10.6 Å². The van der Waals surface area contributed by atoms with Crippen LogP contribution in [-0.4, -0.2) is 42.1 Å². The summed E-state index contributed by atoms with van der Waals surface area (Å²) < 4.78 is 57.8. The monoisotopic (exact) mass is 505 g/mol. The number of alkyl halides is 2. The summed E-state index contributed by atoms with van der Waals surface area (Å²) in [4.78, 5) is 22.9. The Hall–Kier alpha value is -3.12. The number of benzene rings is 1. The number of aromatic nitrogens is 3. The Morgan fingerprint density at radius 3 is 2.60 bits per heavy atom. The number of anilines is 3. The first-order valence-electron chi connectivity index (χ1n) is 11.4. The summed E-state index contributed by atoms with van der Waals surface area (Å²) in [6, 6.07) is 6.45. The number of fused-ring (bicyclic) bond motifs is 1. The maximum atomic E-state index is 13.3. The molecule has 35 heavy (non-hydrogen) atoms. The first kappa shape index (κ1) is 23.6. The summed E-state index contributed by atoms with van der Waals surface area (Å²) in [5.41, 5.74) is 1.39. The van der Waals surface area contributed by atoms with E-state index in [2.05, 4.69) is 25.6 Å². The van der Waals surface area contributed by atoms with Crippen LogP contribution in [0.2, 0.25) is 0 Å². The van der Waals surface area contributed by atoms with E-state index < -0.39 is 22.1 Å². The standard InChI is InChI=1S/C23H25F2N5O4S/c1-35(32,33)17-10-13(16-4-2-3-9-34-16)7-8-14(17)26-15-11-18(28-23(31)12-5-6-12)27-21-19(15)29-22(30-21)20(24)25/h7-8,10-12,16,20H,2-6,9H2,1H3,(H3,26,27,28,29,30,31). The minimum absolute atomic E-state index is 0.0438. The first-order chi connectivity index (χ1) is 16.7. The molecule has 3 heterocycles. The molecule has 1 aromatic carbocycles. The van der Waals surface area contributed by atoms with Gasteiger partial charge in [-0.15, -0.1) is 0 Å². The quantitative estimate of drug-likeness (QED) is 0.427. The number of nitrogens with zero attached hydrogens (tertiary/aromatic N) is 2. The van der Waals surface area contributed by atoms with Crippen LogP contribution in [0.25, 0.3) is 11.2 Å². The van der Waals surface area contributed by atoms with Gasteiger partial charge in [-0.3, -0.25) is 4.79 Å². The number of carbonyl (C=O) groups is 1. The van der Waals surface area contributed by atoms with E-state index >= 15 is 0 Å². The Morgan fingerprint density at radius 1 is 1.14 bits per heavy atom. The van der Waals surface area contributed by atoms with Crippen molar-refractivity contribution in [1.82, 2.24) is 15.0 Å². The number of carbonyl (C=O) groups excluding carboxylic acids is 1. The number of H-pyrrole nitrogens is 1. The third-order valence-electron chi connectivity index (χ3n) is 6.10. The van der Waals surface area contributed by atoms with Crippen molar-refractivity contribution in [3.63, 3.8) is 0 Å². The Balaban J connectivity index is 1.55. The smallest absolute Gasteiger partial charge is 0.295 e. The number of aromatic amines is 1. The minimum atomic E-state index is -3.66. The fourth-order valence-electron chi connectivity index (χ4n) is 4.14. The average molecular weight is 506 g/mol. The second-order valence-electron chi connectivity index (χ2n) is 8.95. The highest BCUT2D eigenvalue weighted by atomic mass is 32.2. The van der Waals surface area contributed by atoms with Gasteiger partial charge < -0.3 is 20.4 Å². The Kier molecular flexibility index (Phi) is 6.18. The second kappa shape index (κ2) is 9.15. The van der Waals surface area contributed by atoms with E-state index in [0.717, 1.165) is 43.9 Å². The summed E-state index contributed by atoms with van der Waals surface area (Å²) in [5.74, 6) is -0.720. The topological polar surface area (TPSA) is 126 Å². The van der Waals surface area contributed by atoms with Crippen LogP contribution >= 0.6 is 0 Å². The number of nitrogens with one attached hydrogen (secondary N) is 3. The zero-order chi connectivity index (χ0) is 24.7. The molecule has 2 fully saturated rings. The largest absolute Gasteiger partial charge is 0.374 e. The minimum Gasteiger partial charge on any atom is -0.374 e. The SMILES string of the molecule is CS(=O)(=O)c1cc(C2CCCCO2)ccc1Nc1cc(NC(=O)C2CC2)nc2[nH]c(C(F)F)nc12. The van der Waals surface area contributed by atoms with Gasteiger partial charge in [0, 0.05) is 24.8 Å². The molecule has 3 N–H and O–H groups in total. The Labute approximate surface area is 200 Å². The molecule has 12 heteroatoms. The molecular formula is C23H25F2N5O4S. The lowest BCUT2D eigenvalue weighted by molar-refractivity contribution is -0.117. The molecule has 0 radical (unpaired) electrons. The highest BCUT2D eigenvalue weighted by molar-refractivity contribution is 7.90. The molecule has 1 amide bonds. The van der Waals surface area contributed by atoms with E-state index in [1.54, 1.807) is 18.2 Å². The third-order valence-corrected chi connectivity index (χ3v) is 7.24. The Bertz CT molecular complexity index is 1380. The van der Waals surface area contributed by atoms with E-state index in [4.69, 9.17) is 4.74 Å². The predicted octanol–water partition coefficient (Wildman–Crippen LogP) is 4.63. The van der Waals surface area contributed by atoms with Crippen molar-refractivity contribution in [3.05, 3.63) is 35.7 Å². The van der Waals surface area contributed by atoms with Crippen molar-refractivity contribution in [1.29, 1.82) is 0 Å². The highest BCUT2D eigenvalue weighted by Crippen LogP contribution is 2.36. The molecular weight excluding hydrogens is 480 g/mol. The second-order valence-corrected chi connectivity index (χ2v) is 10.9. The number of imidazole rings is 1. The summed E-state index contributed by atoms with van der Waals surface area (Å²) in [7, 11) is -3.66. The van der Waals surface area contributed by atoms with Crippen molar-refractivity contribution in [2.24, 2.45) is 5.92 Å². The predicted molar refractivity (Wildman–Crippen MR) is 126 cm³/mol. The van der Waals surface area contributed by atoms with Gasteiger partial charge in [0.25, 0.3) is 6.43 Å². The number of rotatable bonds is 7. The van der Waals surface area contributed by atoms with Crippen LogP contribution in [0.4, 0.5) is 26.0 Å². The molecule has 3 aromatic rings. The van der Waals surface area contributed by atoms with Crippen molar-refractivity contribution < 1.29 is 26.7 Å². The van der Waals surface area contributed by atoms with Crippen LogP contribution in [-0.2, 0) is 19.4 Å². The molecule has 1 saturated carbocycles. The van der Waals surface area contributed by atoms with Gasteiger partial charge in [0.1, 0.15) is 11.3 Å². The molecule has 1 unspecified atom stereocenters. The van der Waals surface area contributed by atoms with E-state index in [9.17, 15) is 22.0 Å². The number of halogens is 2. The molecule has 186 valence electrons. The number of amides is 1. The van der Waals surface area contributed by atoms with Gasteiger partial charge in [0.15, 0.2) is 21.3 Å². The zero-order valence-electron chi connectivity index (χ0n) is 19.0. The van der Waals surface area contributed by atoms with Gasteiger partial charge in [0.05, 0.1) is 22.4 Å². The number of hydrogen-bond donors (Lipinski definition) is 3. The van der Waals surface area contributed by atoms with Crippen molar-refractivity contribution in [2.45, 2.75) is 49.5 Å². The summed E-state index contributed by atoms with van der Waals surface area (Å²) >= 11 is 0. The fraction of sp³-hybridized carbons (Fsp3) is 0.435. The van der Waals surface area contributed by atoms with E-state index in [1.807, 2.05) is 0 Å². The van der Waals surface area contributed by atoms with Gasteiger partial charge in [-0.1, -0.05) is 6.07 Å².